The fourth-order valence-corrected chi connectivity index (χ4v) is 6.45. The van der Waals surface area contributed by atoms with Gasteiger partial charge in [0.1, 0.15) is 11.9 Å². The number of halogens is 4. The molecule has 0 spiro atoms. The van der Waals surface area contributed by atoms with Crippen molar-refractivity contribution in [3.63, 3.8) is 0 Å². The van der Waals surface area contributed by atoms with Crippen molar-refractivity contribution in [3.8, 4) is 0 Å². The number of aryl methyl sites for hydroxylation is 3. The summed E-state index contributed by atoms with van der Waals surface area (Å²) in [6, 6.07) is 15.1. The number of carbonyl (C=O) groups excluding carboxylic acids is 2. The van der Waals surface area contributed by atoms with E-state index in [1.54, 1.807) is 48.2 Å². The predicted octanol–water partition coefficient (Wildman–Crippen LogP) is 7.51. The van der Waals surface area contributed by atoms with E-state index in [2.05, 4.69) is 5.32 Å². The molecule has 5 nitrogen and oxygen atoms in total. The van der Waals surface area contributed by atoms with E-state index in [-0.39, 0.29) is 24.4 Å². The van der Waals surface area contributed by atoms with Crippen molar-refractivity contribution >= 4 is 17.5 Å². The summed E-state index contributed by atoms with van der Waals surface area (Å²) in [5.41, 5.74) is 4.67. The molecule has 0 bridgehead atoms. The van der Waals surface area contributed by atoms with Crippen molar-refractivity contribution in [2.75, 3.05) is 18.4 Å². The molecule has 43 heavy (non-hydrogen) atoms. The minimum Gasteiger partial charge on any atom is -0.331 e. The molecule has 2 aliphatic heterocycles. The van der Waals surface area contributed by atoms with E-state index < -0.39 is 35.9 Å². The number of alkyl halides is 3. The van der Waals surface area contributed by atoms with Crippen molar-refractivity contribution in [1.82, 2.24) is 9.80 Å². The number of benzene rings is 3. The minimum atomic E-state index is -4.28. The van der Waals surface area contributed by atoms with Crippen molar-refractivity contribution in [2.24, 2.45) is 5.92 Å². The van der Waals surface area contributed by atoms with Crippen LogP contribution in [-0.2, 0) is 11.3 Å². The summed E-state index contributed by atoms with van der Waals surface area (Å²) in [5.74, 6) is -1.97. The van der Waals surface area contributed by atoms with Crippen LogP contribution in [-0.4, -0.2) is 46.9 Å². The first-order chi connectivity index (χ1) is 20.4. The lowest BCUT2D eigenvalue weighted by Gasteiger charge is -2.41. The lowest BCUT2D eigenvalue weighted by atomic mass is 9.83. The Balaban J connectivity index is 1.46. The zero-order valence-corrected chi connectivity index (χ0v) is 24.7. The molecule has 9 heteroatoms. The number of rotatable bonds is 6. The van der Waals surface area contributed by atoms with Gasteiger partial charge in [-0.3, -0.25) is 14.5 Å². The van der Waals surface area contributed by atoms with Gasteiger partial charge in [-0.05, 0) is 99.0 Å². The van der Waals surface area contributed by atoms with Gasteiger partial charge >= 0.3 is 6.18 Å². The van der Waals surface area contributed by atoms with Gasteiger partial charge in [-0.2, -0.15) is 13.2 Å². The summed E-state index contributed by atoms with van der Waals surface area (Å²) >= 11 is 0. The maximum absolute atomic E-state index is 14.9. The summed E-state index contributed by atoms with van der Waals surface area (Å²) < 4.78 is 55.5. The number of carbonyl (C=O) groups is 2. The minimum absolute atomic E-state index is 0.0217. The third-order valence-electron chi connectivity index (χ3n) is 8.89. The number of anilines is 1. The summed E-state index contributed by atoms with van der Waals surface area (Å²) in [7, 11) is 0. The first-order valence-electron chi connectivity index (χ1n) is 14.8. The normalized spacial score (nSPS) is 21.2. The van der Waals surface area contributed by atoms with Gasteiger partial charge in [0.05, 0.1) is 17.5 Å². The average molecular weight is 596 g/mol. The van der Waals surface area contributed by atoms with Crippen LogP contribution in [0.15, 0.2) is 60.7 Å². The van der Waals surface area contributed by atoms with Gasteiger partial charge in [0, 0.05) is 18.8 Å². The molecule has 3 atom stereocenters. The molecule has 2 saturated heterocycles. The Kier molecular flexibility index (Phi) is 8.92. The van der Waals surface area contributed by atoms with Crippen LogP contribution < -0.4 is 5.32 Å². The highest BCUT2D eigenvalue weighted by Crippen LogP contribution is 2.39. The van der Waals surface area contributed by atoms with E-state index in [0.717, 1.165) is 16.7 Å². The molecule has 228 valence electrons. The van der Waals surface area contributed by atoms with Gasteiger partial charge in [-0.15, -0.1) is 0 Å². The van der Waals surface area contributed by atoms with Gasteiger partial charge < -0.3 is 10.2 Å². The van der Waals surface area contributed by atoms with E-state index >= 15 is 0 Å². The van der Waals surface area contributed by atoms with Crippen LogP contribution in [0.2, 0.25) is 0 Å². The van der Waals surface area contributed by atoms with E-state index in [9.17, 15) is 27.2 Å². The molecule has 2 fully saturated rings. The molecule has 2 heterocycles. The van der Waals surface area contributed by atoms with E-state index in [1.807, 2.05) is 32.0 Å². The third kappa shape index (κ3) is 6.61. The van der Waals surface area contributed by atoms with Gasteiger partial charge in [0.25, 0.3) is 5.91 Å². The summed E-state index contributed by atoms with van der Waals surface area (Å²) in [6.07, 6.45) is -2.61. The van der Waals surface area contributed by atoms with Gasteiger partial charge in [-0.1, -0.05) is 42.5 Å². The van der Waals surface area contributed by atoms with Gasteiger partial charge in [0.2, 0.25) is 5.91 Å². The number of nitrogens with zero attached hydrogens (tertiary/aromatic N) is 2. The first-order valence-corrected chi connectivity index (χ1v) is 14.8. The SMILES string of the molecule is Cc1ccc(NC(=O)C2CCCN(C(=O)c3c(C)cccc3F)[C@H]2c2ccc(CN3CCCC3C(F)(F)F)cc2)cc1C. The molecule has 1 N–H and O–H groups in total. The molecular weight excluding hydrogens is 558 g/mol. The third-order valence-corrected chi connectivity index (χ3v) is 8.89. The number of likely N-dealkylation sites (tertiary alicyclic amines) is 2. The van der Waals surface area contributed by atoms with Crippen LogP contribution in [0, 0.1) is 32.5 Å². The van der Waals surface area contributed by atoms with Crippen molar-refractivity contribution in [2.45, 2.75) is 71.3 Å². The maximum atomic E-state index is 14.9. The van der Waals surface area contributed by atoms with E-state index in [4.69, 9.17) is 0 Å². The summed E-state index contributed by atoms with van der Waals surface area (Å²) in [4.78, 5) is 30.7. The molecule has 5 rings (SSSR count). The number of hydrogen-bond acceptors (Lipinski definition) is 3. The Morgan fingerprint density at radius 2 is 1.60 bits per heavy atom. The van der Waals surface area contributed by atoms with Crippen molar-refractivity contribution < 1.29 is 27.2 Å². The Morgan fingerprint density at radius 1 is 0.884 bits per heavy atom. The highest BCUT2D eigenvalue weighted by Gasteiger charge is 2.46. The van der Waals surface area contributed by atoms with E-state index in [0.29, 0.717) is 49.2 Å². The largest absolute Gasteiger partial charge is 0.404 e. The molecule has 3 aromatic carbocycles. The second-order valence-electron chi connectivity index (χ2n) is 11.8. The molecule has 2 unspecified atom stereocenters. The second kappa shape index (κ2) is 12.5. The van der Waals surface area contributed by atoms with Crippen LogP contribution in [0.3, 0.4) is 0 Å². The molecule has 0 aromatic heterocycles. The number of piperidine rings is 1. The smallest absolute Gasteiger partial charge is 0.331 e. The standard InChI is InChI=1S/C34H37F4N3O2/c1-21-11-16-26(19-23(21)3)39-32(42)27-8-5-18-41(33(43)30-22(2)7-4-9-28(30)35)31(27)25-14-12-24(13-15-25)20-40-17-6-10-29(40)34(36,37)38/h4,7,9,11-16,19,27,29,31H,5-6,8,10,17-18,20H2,1-3H3,(H,39,42)/t27?,29?,31-/m0/s1. The predicted molar refractivity (Wildman–Crippen MR) is 158 cm³/mol. The topological polar surface area (TPSA) is 52.7 Å². The Bertz CT molecular complexity index is 1470. The van der Waals surface area contributed by atoms with Gasteiger partial charge in [-0.25, -0.2) is 4.39 Å². The van der Waals surface area contributed by atoms with Crippen LogP contribution in [0.25, 0.3) is 0 Å². The fraction of sp³-hybridized carbons (Fsp3) is 0.412. The van der Waals surface area contributed by atoms with Gasteiger partial charge in [0.15, 0.2) is 0 Å². The Labute approximate surface area is 249 Å². The molecule has 0 saturated carbocycles. The zero-order valence-electron chi connectivity index (χ0n) is 24.7. The zero-order chi connectivity index (χ0) is 30.9. The second-order valence-corrected chi connectivity index (χ2v) is 11.8. The molecule has 0 radical (unpaired) electrons. The average Bonchev–Trinajstić information content (AvgIpc) is 3.44. The van der Waals surface area contributed by atoms with Crippen LogP contribution >= 0.6 is 0 Å². The molecular formula is C34H37F4N3O2. The molecule has 2 aliphatic rings. The molecule has 2 amide bonds. The van der Waals surface area contributed by atoms with Crippen LogP contribution in [0.1, 0.15) is 69.9 Å². The first kappa shape index (κ1) is 30.7. The number of hydrogen-bond donors (Lipinski definition) is 1. The maximum Gasteiger partial charge on any atom is 0.404 e. The number of amides is 2. The van der Waals surface area contributed by atoms with Crippen LogP contribution in [0.4, 0.5) is 23.2 Å². The summed E-state index contributed by atoms with van der Waals surface area (Å²) in [6.45, 7) is 6.51. The lowest BCUT2D eigenvalue weighted by molar-refractivity contribution is -0.177. The Hall–Kier alpha value is -3.72. The fourth-order valence-electron chi connectivity index (χ4n) is 6.45. The summed E-state index contributed by atoms with van der Waals surface area (Å²) in [5, 5.41) is 3.02. The molecule has 0 aliphatic carbocycles. The monoisotopic (exact) mass is 595 g/mol. The van der Waals surface area contributed by atoms with Crippen molar-refractivity contribution in [3.05, 3.63) is 99.9 Å². The van der Waals surface area contributed by atoms with Crippen molar-refractivity contribution in [1.29, 1.82) is 0 Å². The van der Waals surface area contributed by atoms with Crippen LogP contribution in [0.5, 0.6) is 0 Å². The highest BCUT2D eigenvalue weighted by molar-refractivity contribution is 5.98. The highest BCUT2D eigenvalue weighted by atomic mass is 19.4. The van der Waals surface area contributed by atoms with E-state index in [1.165, 1.54) is 11.0 Å². The quantitative estimate of drug-likeness (QED) is 0.300. The Morgan fingerprint density at radius 3 is 2.28 bits per heavy atom. The molecule has 3 aromatic rings. The number of nitrogens with one attached hydrogen (secondary N) is 1. The lowest BCUT2D eigenvalue weighted by Crippen LogP contribution is -2.46.